The first-order valence-corrected chi connectivity index (χ1v) is 19.0. The first-order valence-electron chi connectivity index (χ1n) is 16.4. The van der Waals surface area contributed by atoms with Gasteiger partial charge in [0.25, 0.3) is 10.0 Å². The van der Waals surface area contributed by atoms with E-state index in [9.17, 15) is 18.0 Å². The number of benzene rings is 4. The van der Waals surface area contributed by atoms with Crippen molar-refractivity contribution < 1.29 is 22.7 Å². The van der Waals surface area contributed by atoms with E-state index in [1.807, 2.05) is 73.8 Å². The largest absolute Gasteiger partial charge is 0.492 e. The topological polar surface area (TPSA) is 96.0 Å². The van der Waals surface area contributed by atoms with E-state index in [-0.39, 0.29) is 35.5 Å². The highest BCUT2D eigenvalue weighted by atomic mass is 32.2. The van der Waals surface area contributed by atoms with Crippen LogP contribution in [-0.2, 0) is 32.6 Å². The fraction of sp³-hybridized carbons (Fsp3) is 0.316. The molecule has 0 heterocycles. The molecule has 4 aromatic rings. The van der Waals surface area contributed by atoms with Crippen molar-refractivity contribution in [3.05, 3.63) is 120 Å². The summed E-state index contributed by atoms with van der Waals surface area (Å²) in [6.07, 6.45) is 6.08. The maximum Gasteiger partial charge on any atom is 0.264 e. The van der Waals surface area contributed by atoms with Gasteiger partial charge in [-0.3, -0.25) is 13.9 Å². The molecule has 1 N–H and O–H groups in total. The molecule has 1 atom stereocenters. The van der Waals surface area contributed by atoms with Crippen LogP contribution in [-0.4, -0.2) is 56.6 Å². The molecule has 0 unspecified atom stereocenters. The van der Waals surface area contributed by atoms with Crippen LogP contribution in [0.5, 0.6) is 5.75 Å². The fourth-order valence-electron chi connectivity index (χ4n) is 6.03. The number of carbonyl (C=O) groups excluding carboxylic acids is 2. The third kappa shape index (κ3) is 8.79. The summed E-state index contributed by atoms with van der Waals surface area (Å²) >= 11 is 1.51. The Bertz CT molecular complexity index is 1750. The third-order valence-electron chi connectivity index (χ3n) is 8.53. The van der Waals surface area contributed by atoms with E-state index in [0.29, 0.717) is 12.4 Å². The molecule has 0 radical (unpaired) electrons. The summed E-state index contributed by atoms with van der Waals surface area (Å²) in [5.41, 5.74) is 1.97. The number of sulfonamides is 1. The Morgan fingerprint density at radius 2 is 1.46 bits per heavy atom. The molecule has 1 aliphatic carbocycles. The highest BCUT2D eigenvalue weighted by Gasteiger charge is 2.36. The van der Waals surface area contributed by atoms with E-state index in [0.717, 1.165) is 46.0 Å². The molecule has 4 aromatic carbocycles. The van der Waals surface area contributed by atoms with Crippen molar-refractivity contribution in [3.63, 3.8) is 0 Å². The minimum absolute atomic E-state index is 0.0450. The summed E-state index contributed by atoms with van der Waals surface area (Å²) in [5.74, 6) is -0.407. The van der Waals surface area contributed by atoms with Gasteiger partial charge < -0.3 is 15.0 Å². The van der Waals surface area contributed by atoms with Gasteiger partial charge in [-0.25, -0.2) is 8.42 Å². The van der Waals surface area contributed by atoms with Gasteiger partial charge in [0.15, 0.2) is 0 Å². The number of nitrogens with zero attached hydrogens (tertiary/aromatic N) is 2. The van der Waals surface area contributed by atoms with Gasteiger partial charge in [0.2, 0.25) is 11.8 Å². The van der Waals surface area contributed by atoms with Crippen molar-refractivity contribution in [2.24, 2.45) is 0 Å². The number of amides is 2. The molecule has 1 saturated carbocycles. The number of ether oxygens (including phenoxy) is 1. The lowest BCUT2D eigenvalue weighted by molar-refractivity contribution is -0.140. The van der Waals surface area contributed by atoms with Crippen LogP contribution in [0, 0.1) is 0 Å². The minimum Gasteiger partial charge on any atom is -0.492 e. The van der Waals surface area contributed by atoms with Gasteiger partial charge >= 0.3 is 0 Å². The smallest absolute Gasteiger partial charge is 0.264 e. The molecular formula is C38H43N3O5S2. The number of anilines is 1. The lowest BCUT2D eigenvalue weighted by atomic mass is 10.0. The van der Waals surface area contributed by atoms with Gasteiger partial charge in [0, 0.05) is 23.9 Å². The van der Waals surface area contributed by atoms with Crippen LogP contribution in [0.25, 0.3) is 0 Å². The molecule has 5 rings (SSSR count). The van der Waals surface area contributed by atoms with Crippen LogP contribution in [0.1, 0.15) is 43.7 Å². The van der Waals surface area contributed by atoms with Crippen LogP contribution in [0.2, 0.25) is 0 Å². The van der Waals surface area contributed by atoms with Crippen LogP contribution in [0.15, 0.2) is 119 Å². The van der Waals surface area contributed by atoms with Crippen molar-refractivity contribution in [3.8, 4) is 5.75 Å². The summed E-state index contributed by atoms with van der Waals surface area (Å²) in [5, 5.41) is 3.21. The molecule has 0 bridgehead atoms. The van der Waals surface area contributed by atoms with Crippen LogP contribution in [0.4, 0.5) is 5.69 Å². The maximum atomic E-state index is 14.7. The standard InChI is InChI=1S/C38H43N3O5S2/c1-3-46-36-21-13-12-20-34(36)41(48(44,45)33-24-22-32(47-2)23-25-33)28-37(42)40(27-30-16-8-5-9-17-30)35(26-29-14-6-4-7-15-29)38(43)39-31-18-10-11-19-31/h4-9,12-17,20-25,31,35H,3,10-11,18-19,26-28H2,1-2H3,(H,39,43)/t35-/m1/s1. The number of para-hydroxylation sites is 2. The van der Waals surface area contributed by atoms with E-state index in [2.05, 4.69) is 5.32 Å². The van der Waals surface area contributed by atoms with Gasteiger partial charge in [0.1, 0.15) is 18.3 Å². The van der Waals surface area contributed by atoms with E-state index in [1.54, 1.807) is 48.5 Å². The molecule has 1 fully saturated rings. The Morgan fingerprint density at radius 1 is 0.854 bits per heavy atom. The van der Waals surface area contributed by atoms with Crippen molar-refractivity contribution in [1.29, 1.82) is 0 Å². The molecule has 0 aromatic heterocycles. The number of rotatable bonds is 15. The third-order valence-corrected chi connectivity index (χ3v) is 11.0. The van der Waals surface area contributed by atoms with E-state index < -0.39 is 28.5 Å². The Morgan fingerprint density at radius 3 is 2.08 bits per heavy atom. The second kappa shape index (κ2) is 16.7. The first kappa shape index (κ1) is 35.0. The summed E-state index contributed by atoms with van der Waals surface area (Å²) < 4.78 is 35.9. The monoisotopic (exact) mass is 685 g/mol. The Hall–Kier alpha value is -4.28. The van der Waals surface area contributed by atoms with Crippen LogP contribution < -0.4 is 14.4 Å². The number of hydrogen-bond acceptors (Lipinski definition) is 6. The zero-order valence-electron chi connectivity index (χ0n) is 27.5. The number of hydrogen-bond donors (Lipinski definition) is 1. The number of carbonyl (C=O) groups is 2. The predicted octanol–water partition coefficient (Wildman–Crippen LogP) is 6.70. The normalized spacial score (nSPS) is 13.9. The van der Waals surface area contributed by atoms with Gasteiger partial charge in [-0.05, 0) is 73.5 Å². The lowest BCUT2D eigenvalue weighted by Crippen LogP contribution is -2.54. The van der Waals surface area contributed by atoms with Gasteiger partial charge in [-0.15, -0.1) is 11.8 Å². The molecule has 252 valence electrons. The average molecular weight is 686 g/mol. The van der Waals surface area contributed by atoms with Crippen molar-refractivity contribution in [2.45, 2.75) is 67.4 Å². The van der Waals surface area contributed by atoms with E-state index in [4.69, 9.17) is 4.74 Å². The predicted molar refractivity (Wildman–Crippen MR) is 192 cm³/mol. The van der Waals surface area contributed by atoms with Crippen molar-refractivity contribution >= 4 is 39.3 Å². The van der Waals surface area contributed by atoms with Crippen molar-refractivity contribution in [1.82, 2.24) is 10.2 Å². The fourth-order valence-corrected chi connectivity index (χ4v) is 7.86. The quantitative estimate of drug-likeness (QED) is 0.140. The summed E-state index contributed by atoms with van der Waals surface area (Å²) in [7, 11) is -4.25. The van der Waals surface area contributed by atoms with Crippen molar-refractivity contribution in [2.75, 3.05) is 23.7 Å². The maximum absolute atomic E-state index is 14.7. The summed E-state index contributed by atoms with van der Waals surface area (Å²) in [6, 6.07) is 31.7. The molecular weight excluding hydrogens is 643 g/mol. The number of nitrogens with one attached hydrogen (secondary N) is 1. The SMILES string of the molecule is CCOc1ccccc1N(CC(=O)N(Cc1ccccc1)[C@H](Cc1ccccc1)C(=O)NC1CCCC1)S(=O)(=O)c1ccc(SC)cc1. The zero-order valence-corrected chi connectivity index (χ0v) is 29.1. The second-order valence-electron chi connectivity index (χ2n) is 11.8. The molecule has 0 saturated heterocycles. The average Bonchev–Trinajstić information content (AvgIpc) is 3.63. The Kier molecular flexibility index (Phi) is 12.2. The second-order valence-corrected chi connectivity index (χ2v) is 14.5. The molecule has 48 heavy (non-hydrogen) atoms. The van der Waals surface area contributed by atoms with E-state index >= 15 is 0 Å². The van der Waals surface area contributed by atoms with E-state index in [1.165, 1.54) is 16.7 Å². The van der Waals surface area contributed by atoms with Gasteiger partial charge in [0.05, 0.1) is 17.2 Å². The molecule has 1 aliphatic rings. The van der Waals surface area contributed by atoms with Crippen LogP contribution in [0.3, 0.4) is 0 Å². The summed E-state index contributed by atoms with van der Waals surface area (Å²) in [4.78, 5) is 31.4. The highest BCUT2D eigenvalue weighted by molar-refractivity contribution is 7.98. The molecule has 0 aliphatic heterocycles. The molecule has 0 spiro atoms. The molecule has 10 heteroatoms. The molecule has 2 amide bonds. The lowest BCUT2D eigenvalue weighted by Gasteiger charge is -2.34. The summed E-state index contributed by atoms with van der Waals surface area (Å²) in [6.45, 7) is 1.72. The Labute approximate surface area is 288 Å². The molecule has 8 nitrogen and oxygen atoms in total. The minimum atomic E-state index is -4.25. The van der Waals surface area contributed by atoms with Gasteiger partial charge in [-0.1, -0.05) is 85.6 Å². The number of thioether (sulfide) groups is 1. The van der Waals surface area contributed by atoms with Gasteiger partial charge in [-0.2, -0.15) is 0 Å². The first-order chi connectivity index (χ1) is 23.3. The Balaban J connectivity index is 1.58. The zero-order chi connectivity index (χ0) is 33.9. The van der Waals surface area contributed by atoms with Crippen LogP contribution >= 0.6 is 11.8 Å². The highest BCUT2D eigenvalue weighted by Crippen LogP contribution is 2.33.